The van der Waals surface area contributed by atoms with Crippen molar-refractivity contribution >= 4 is 45.1 Å². The number of carbonyl (C=O) groups is 2. The molecular weight excluding hydrogens is 592 g/mol. The highest BCUT2D eigenvalue weighted by Gasteiger charge is 2.42. The molecule has 3 aliphatic heterocycles. The molecule has 2 amide bonds. The highest BCUT2D eigenvalue weighted by molar-refractivity contribution is 7.89. The number of fused-ring (bicyclic) bond motifs is 1. The Balaban J connectivity index is 1.19. The second-order valence-corrected chi connectivity index (χ2v) is 14.9. The molecule has 1 aromatic heterocycles. The number of hydrogen-bond acceptors (Lipinski definition) is 8. The number of halogens is 1. The number of nitrogens with one attached hydrogen (secondary N) is 1. The number of rotatable bonds is 7. The number of benzene rings is 1. The summed E-state index contributed by atoms with van der Waals surface area (Å²) < 4.78 is 33.2. The van der Waals surface area contributed by atoms with Crippen LogP contribution < -0.4 is 10.2 Å². The van der Waals surface area contributed by atoms with E-state index in [1.54, 1.807) is 22.1 Å². The third-order valence-corrected chi connectivity index (χ3v) is 10.6. The number of aromatic nitrogens is 1. The first kappa shape index (κ1) is 31.5. The second-order valence-electron chi connectivity index (χ2n) is 12.4. The fraction of sp³-hybridized carbons (Fsp3) is 0.567. The maximum Gasteiger partial charge on any atom is 0.410 e. The lowest BCUT2D eigenvalue weighted by molar-refractivity contribution is -0.119. The molecule has 2 fully saturated rings. The molecule has 0 saturated carbocycles. The zero-order chi connectivity index (χ0) is 31.0. The standard InChI is InChI=1S/C30H41ClN6O5S/c1-5-30(21-33-27-26(30)24(31)9-10-32-27)22-7-6-8-23(19-22)37-16-15-36(20-25(37)38)43(40,41)18-17-34-11-13-35(14-12-34)28(39)42-29(2,3)4/h6-10,19H,5,11-18,20-21H2,1-4H3,(H,32,33). The number of anilines is 2. The Morgan fingerprint density at radius 1 is 1.12 bits per heavy atom. The zero-order valence-electron chi connectivity index (χ0n) is 25.3. The van der Waals surface area contributed by atoms with E-state index in [2.05, 4.69) is 17.2 Å². The van der Waals surface area contributed by atoms with Gasteiger partial charge >= 0.3 is 6.09 Å². The summed E-state index contributed by atoms with van der Waals surface area (Å²) in [6.45, 7) is 11.0. The molecule has 43 heavy (non-hydrogen) atoms. The molecule has 5 rings (SSSR count). The Labute approximate surface area is 259 Å². The molecule has 0 spiro atoms. The van der Waals surface area contributed by atoms with Gasteiger partial charge in [-0.25, -0.2) is 18.2 Å². The lowest BCUT2D eigenvalue weighted by Gasteiger charge is -2.37. The van der Waals surface area contributed by atoms with E-state index in [4.69, 9.17) is 16.3 Å². The number of amides is 2. The number of carbonyl (C=O) groups excluding carboxylic acids is 2. The molecule has 0 bridgehead atoms. The molecule has 13 heteroatoms. The molecule has 1 N–H and O–H groups in total. The molecule has 1 atom stereocenters. The van der Waals surface area contributed by atoms with E-state index in [0.29, 0.717) is 44.3 Å². The van der Waals surface area contributed by atoms with E-state index in [1.807, 2.05) is 49.9 Å². The number of nitrogens with zero attached hydrogens (tertiary/aromatic N) is 5. The van der Waals surface area contributed by atoms with Crippen LogP contribution in [0.1, 0.15) is 45.2 Å². The van der Waals surface area contributed by atoms with E-state index in [-0.39, 0.29) is 42.8 Å². The predicted octanol–water partition coefficient (Wildman–Crippen LogP) is 3.39. The maximum absolute atomic E-state index is 13.3. The Bertz CT molecular complexity index is 1470. The van der Waals surface area contributed by atoms with Gasteiger partial charge in [-0.05, 0) is 51.0 Å². The molecule has 1 unspecified atom stereocenters. The predicted molar refractivity (Wildman–Crippen MR) is 167 cm³/mol. The van der Waals surface area contributed by atoms with Crippen molar-refractivity contribution in [2.75, 3.05) is 74.9 Å². The van der Waals surface area contributed by atoms with E-state index in [1.165, 1.54) is 4.31 Å². The molecule has 2 saturated heterocycles. The third-order valence-electron chi connectivity index (χ3n) is 8.52. The van der Waals surface area contributed by atoms with Crippen LogP contribution in [0.3, 0.4) is 0 Å². The number of ether oxygens (including phenoxy) is 1. The summed E-state index contributed by atoms with van der Waals surface area (Å²) in [4.78, 5) is 35.4. The van der Waals surface area contributed by atoms with Crippen LogP contribution in [0.5, 0.6) is 0 Å². The molecule has 234 valence electrons. The van der Waals surface area contributed by atoms with Gasteiger partial charge in [0.05, 0.1) is 12.3 Å². The van der Waals surface area contributed by atoms with Crippen LogP contribution in [-0.4, -0.2) is 110 Å². The topological polar surface area (TPSA) is 115 Å². The van der Waals surface area contributed by atoms with Gasteiger partial charge < -0.3 is 19.9 Å². The number of pyridine rings is 1. The van der Waals surface area contributed by atoms with Crippen molar-refractivity contribution in [1.82, 2.24) is 19.1 Å². The highest BCUT2D eigenvalue weighted by Crippen LogP contribution is 2.47. The molecule has 1 aromatic carbocycles. The molecule has 0 aliphatic carbocycles. The van der Waals surface area contributed by atoms with E-state index in [9.17, 15) is 18.0 Å². The van der Waals surface area contributed by atoms with Crippen molar-refractivity contribution in [3.63, 3.8) is 0 Å². The first-order chi connectivity index (χ1) is 20.3. The SMILES string of the molecule is CCC1(c2cccc(N3CCN(S(=O)(=O)CCN4CCN(C(=O)OC(C)(C)C)CC4)CC3=O)c2)CNc2nccc(Cl)c21. The van der Waals surface area contributed by atoms with Crippen LogP contribution in [0.4, 0.5) is 16.3 Å². The van der Waals surface area contributed by atoms with Gasteiger partial charge in [0.2, 0.25) is 15.9 Å². The molecule has 2 aromatic rings. The van der Waals surface area contributed by atoms with Crippen molar-refractivity contribution in [1.29, 1.82) is 0 Å². The van der Waals surface area contributed by atoms with E-state index < -0.39 is 15.6 Å². The molecule has 3 aliphatic rings. The van der Waals surface area contributed by atoms with Gasteiger partial charge in [0.1, 0.15) is 11.4 Å². The average Bonchev–Trinajstić information content (AvgIpc) is 3.37. The quantitative estimate of drug-likeness (QED) is 0.494. The Hall–Kier alpha value is -2.93. The van der Waals surface area contributed by atoms with Gasteiger partial charge in [0, 0.05) is 80.2 Å². The van der Waals surface area contributed by atoms with Crippen molar-refractivity contribution < 1.29 is 22.7 Å². The minimum Gasteiger partial charge on any atom is -0.444 e. The Morgan fingerprint density at radius 3 is 2.53 bits per heavy atom. The summed E-state index contributed by atoms with van der Waals surface area (Å²) in [6.07, 6.45) is 2.13. The first-order valence-electron chi connectivity index (χ1n) is 14.8. The molecule has 4 heterocycles. The maximum atomic E-state index is 13.3. The van der Waals surface area contributed by atoms with Crippen molar-refractivity contribution in [3.8, 4) is 0 Å². The minimum atomic E-state index is -3.64. The van der Waals surface area contributed by atoms with E-state index >= 15 is 0 Å². The summed E-state index contributed by atoms with van der Waals surface area (Å²) in [7, 11) is -3.64. The smallest absolute Gasteiger partial charge is 0.410 e. The monoisotopic (exact) mass is 632 g/mol. The summed E-state index contributed by atoms with van der Waals surface area (Å²) in [5.41, 5.74) is 1.79. The van der Waals surface area contributed by atoms with Gasteiger partial charge in [-0.3, -0.25) is 9.69 Å². The Morgan fingerprint density at radius 2 is 1.86 bits per heavy atom. The van der Waals surface area contributed by atoms with Crippen LogP contribution in [-0.2, 0) is 25.0 Å². The normalized spacial score (nSPS) is 21.9. The van der Waals surface area contributed by atoms with Crippen LogP contribution in [0.15, 0.2) is 36.5 Å². The molecule has 11 nitrogen and oxygen atoms in total. The molecule has 0 radical (unpaired) electrons. The summed E-state index contributed by atoms with van der Waals surface area (Å²) in [5, 5.41) is 4.04. The lowest BCUT2D eigenvalue weighted by atomic mass is 9.74. The average molecular weight is 633 g/mol. The third kappa shape index (κ3) is 6.62. The lowest BCUT2D eigenvalue weighted by Crippen LogP contribution is -2.54. The molecular formula is C30H41ClN6O5S. The number of sulfonamides is 1. The van der Waals surface area contributed by atoms with Crippen LogP contribution in [0.25, 0.3) is 0 Å². The van der Waals surface area contributed by atoms with E-state index in [0.717, 1.165) is 29.1 Å². The van der Waals surface area contributed by atoms with Crippen LogP contribution in [0, 0.1) is 0 Å². The highest BCUT2D eigenvalue weighted by atomic mass is 35.5. The van der Waals surface area contributed by atoms with Gasteiger partial charge in [-0.2, -0.15) is 4.31 Å². The summed E-state index contributed by atoms with van der Waals surface area (Å²) in [6, 6.07) is 9.69. The van der Waals surface area contributed by atoms with Gasteiger partial charge in [-0.1, -0.05) is 30.7 Å². The fourth-order valence-corrected chi connectivity index (χ4v) is 7.83. The zero-order valence-corrected chi connectivity index (χ0v) is 26.9. The first-order valence-corrected chi connectivity index (χ1v) is 16.8. The van der Waals surface area contributed by atoms with Gasteiger partial charge in [0.15, 0.2) is 0 Å². The van der Waals surface area contributed by atoms with Crippen molar-refractivity contribution in [3.05, 3.63) is 52.7 Å². The van der Waals surface area contributed by atoms with Crippen LogP contribution >= 0.6 is 11.6 Å². The summed E-state index contributed by atoms with van der Waals surface area (Å²) in [5.74, 6) is 0.440. The van der Waals surface area contributed by atoms with Crippen LogP contribution in [0.2, 0.25) is 5.02 Å². The second kappa shape index (κ2) is 12.2. The number of hydrogen-bond donors (Lipinski definition) is 1. The van der Waals surface area contributed by atoms with Crippen molar-refractivity contribution in [2.24, 2.45) is 0 Å². The van der Waals surface area contributed by atoms with Gasteiger partial charge in [0.25, 0.3) is 0 Å². The number of piperazine rings is 2. The minimum absolute atomic E-state index is 0.0809. The largest absolute Gasteiger partial charge is 0.444 e. The fourth-order valence-electron chi connectivity index (χ4n) is 6.09. The Kier molecular flexibility index (Phi) is 8.95. The summed E-state index contributed by atoms with van der Waals surface area (Å²) >= 11 is 6.64. The van der Waals surface area contributed by atoms with Gasteiger partial charge in [-0.15, -0.1) is 0 Å². The van der Waals surface area contributed by atoms with Crippen molar-refractivity contribution in [2.45, 2.75) is 45.1 Å².